The maximum absolute atomic E-state index is 12.9. The summed E-state index contributed by atoms with van der Waals surface area (Å²) in [5.74, 6) is 1.31. The Balaban J connectivity index is 1.60. The predicted octanol–water partition coefficient (Wildman–Crippen LogP) is 3.12. The van der Waals surface area contributed by atoms with Crippen molar-refractivity contribution in [2.75, 3.05) is 6.54 Å². The third-order valence-corrected chi connectivity index (χ3v) is 5.05. The normalized spacial score (nSPS) is 18.2. The minimum atomic E-state index is -0.307. The number of aromatic nitrogens is 2. The number of nitrogens with zero attached hydrogens (tertiary/aromatic N) is 3. The quantitative estimate of drug-likeness (QED) is 0.840. The molecular formula is C16H18FN3O2S. The molecule has 1 aliphatic rings. The van der Waals surface area contributed by atoms with E-state index in [4.69, 9.17) is 4.52 Å². The van der Waals surface area contributed by atoms with Crippen molar-refractivity contribution in [3.05, 3.63) is 35.9 Å². The van der Waals surface area contributed by atoms with Crippen molar-refractivity contribution in [1.29, 1.82) is 0 Å². The summed E-state index contributed by atoms with van der Waals surface area (Å²) >= 11 is 1.54. The maximum atomic E-state index is 12.9. The molecule has 23 heavy (non-hydrogen) atoms. The zero-order valence-corrected chi connectivity index (χ0v) is 13.8. The van der Waals surface area contributed by atoms with Gasteiger partial charge in [0.05, 0.1) is 11.0 Å². The number of likely N-dealkylation sites (tertiary alicyclic amines) is 1. The average Bonchev–Trinajstić information content (AvgIpc) is 3.13. The lowest BCUT2D eigenvalue weighted by atomic mass is 10.2. The summed E-state index contributed by atoms with van der Waals surface area (Å²) in [6.07, 6.45) is 0.852. The first-order valence-electron chi connectivity index (χ1n) is 7.55. The van der Waals surface area contributed by atoms with Gasteiger partial charge in [-0.1, -0.05) is 5.16 Å². The summed E-state index contributed by atoms with van der Waals surface area (Å²) in [6, 6.07) is 6.14. The van der Waals surface area contributed by atoms with Gasteiger partial charge in [0.2, 0.25) is 5.91 Å². The van der Waals surface area contributed by atoms with Gasteiger partial charge in [0.1, 0.15) is 5.82 Å². The molecule has 1 amide bonds. The van der Waals surface area contributed by atoms with Crippen molar-refractivity contribution in [2.24, 2.45) is 0 Å². The highest BCUT2D eigenvalue weighted by Gasteiger charge is 2.33. The Morgan fingerprint density at radius 2 is 2.13 bits per heavy atom. The monoisotopic (exact) mass is 335 g/mol. The van der Waals surface area contributed by atoms with E-state index in [1.54, 1.807) is 23.9 Å². The van der Waals surface area contributed by atoms with Crippen molar-refractivity contribution in [3.8, 4) is 11.5 Å². The number of halogens is 1. The van der Waals surface area contributed by atoms with Crippen LogP contribution in [0.15, 0.2) is 28.8 Å². The van der Waals surface area contributed by atoms with Crippen molar-refractivity contribution >= 4 is 17.7 Å². The first-order valence-corrected chi connectivity index (χ1v) is 8.60. The Labute approximate surface area is 138 Å². The number of rotatable bonds is 5. The van der Waals surface area contributed by atoms with E-state index >= 15 is 0 Å². The number of carbonyl (C=O) groups is 1. The fourth-order valence-corrected chi connectivity index (χ4v) is 3.56. The summed E-state index contributed by atoms with van der Waals surface area (Å²) < 4.78 is 18.1. The fraction of sp³-hybridized carbons (Fsp3) is 0.438. The van der Waals surface area contributed by atoms with Crippen molar-refractivity contribution in [1.82, 2.24) is 15.0 Å². The molecule has 1 aliphatic heterocycles. The predicted molar refractivity (Wildman–Crippen MR) is 86.2 cm³/mol. The lowest BCUT2D eigenvalue weighted by Crippen LogP contribution is -2.34. The van der Waals surface area contributed by atoms with E-state index in [0.29, 0.717) is 23.0 Å². The molecule has 0 aliphatic carbocycles. The summed E-state index contributed by atoms with van der Waals surface area (Å²) in [5, 5.41) is 3.89. The zero-order valence-electron chi connectivity index (χ0n) is 13.0. The number of thioether (sulfide) groups is 1. The highest BCUT2D eigenvalue weighted by Crippen LogP contribution is 2.28. The Hall–Kier alpha value is -1.89. The van der Waals surface area contributed by atoms with Gasteiger partial charge >= 0.3 is 0 Å². The second-order valence-corrected chi connectivity index (χ2v) is 6.93. The molecule has 2 aromatic rings. The molecule has 1 saturated heterocycles. The highest BCUT2D eigenvalue weighted by molar-refractivity contribution is 7.99. The van der Waals surface area contributed by atoms with Crippen LogP contribution in [0.3, 0.4) is 0 Å². The number of benzene rings is 1. The second kappa shape index (κ2) is 6.70. The second-order valence-electron chi connectivity index (χ2n) is 5.74. The number of amides is 1. The summed E-state index contributed by atoms with van der Waals surface area (Å²) in [4.78, 5) is 18.4. The molecule has 3 rings (SSSR count). The van der Waals surface area contributed by atoms with E-state index in [1.807, 2.05) is 18.7 Å². The molecular weight excluding hydrogens is 317 g/mol. The van der Waals surface area contributed by atoms with Crippen LogP contribution in [0.5, 0.6) is 0 Å². The van der Waals surface area contributed by atoms with Gasteiger partial charge in [0, 0.05) is 18.2 Å². The molecule has 7 heteroatoms. The average molecular weight is 335 g/mol. The van der Waals surface area contributed by atoms with Crippen LogP contribution in [0.25, 0.3) is 11.5 Å². The minimum Gasteiger partial charge on any atom is -0.339 e. The van der Waals surface area contributed by atoms with Crippen LogP contribution in [0.2, 0.25) is 0 Å². The first kappa shape index (κ1) is 16.0. The molecule has 1 fully saturated rings. The molecule has 0 N–H and O–H groups in total. The molecule has 0 radical (unpaired) electrons. The number of carbonyl (C=O) groups excluding carboxylic acids is 1. The van der Waals surface area contributed by atoms with E-state index in [0.717, 1.165) is 13.0 Å². The van der Waals surface area contributed by atoms with Crippen LogP contribution in [0.1, 0.15) is 26.1 Å². The van der Waals surface area contributed by atoms with E-state index in [2.05, 4.69) is 10.1 Å². The summed E-state index contributed by atoms with van der Waals surface area (Å²) in [6.45, 7) is 4.86. The van der Waals surface area contributed by atoms with Gasteiger partial charge in [0.25, 0.3) is 5.89 Å². The molecule has 0 bridgehead atoms. The van der Waals surface area contributed by atoms with Gasteiger partial charge in [-0.2, -0.15) is 4.98 Å². The summed E-state index contributed by atoms with van der Waals surface area (Å²) in [7, 11) is 0. The van der Waals surface area contributed by atoms with Gasteiger partial charge in [-0.05, 0) is 44.5 Å². The standard InChI is InChI=1S/C16H18FN3O2S/c1-10(2)20-8-7-13(16(20)21)23-9-14-18-15(22-19-14)11-3-5-12(17)6-4-11/h3-6,10,13H,7-9H2,1-2H3. The van der Waals surface area contributed by atoms with Gasteiger partial charge < -0.3 is 9.42 Å². The largest absolute Gasteiger partial charge is 0.339 e. The van der Waals surface area contributed by atoms with Crippen LogP contribution < -0.4 is 0 Å². The Kier molecular flexibility index (Phi) is 4.66. The zero-order chi connectivity index (χ0) is 16.4. The Morgan fingerprint density at radius 3 is 2.78 bits per heavy atom. The minimum absolute atomic E-state index is 0.0369. The van der Waals surface area contributed by atoms with E-state index in [9.17, 15) is 9.18 Å². The maximum Gasteiger partial charge on any atom is 0.257 e. The lowest BCUT2D eigenvalue weighted by Gasteiger charge is -2.20. The van der Waals surface area contributed by atoms with Crippen LogP contribution in [0.4, 0.5) is 4.39 Å². The van der Waals surface area contributed by atoms with Crippen LogP contribution in [-0.2, 0) is 10.5 Å². The Morgan fingerprint density at radius 1 is 1.39 bits per heavy atom. The van der Waals surface area contributed by atoms with Crippen molar-refractivity contribution in [3.63, 3.8) is 0 Å². The van der Waals surface area contributed by atoms with Gasteiger partial charge in [-0.25, -0.2) is 4.39 Å². The molecule has 2 heterocycles. The molecule has 122 valence electrons. The molecule has 1 unspecified atom stereocenters. The van der Waals surface area contributed by atoms with Gasteiger partial charge in [0.15, 0.2) is 5.82 Å². The third-order valence-electron chi connectivity index (χ3n) is 3.79. The third kappa shape index (κ3) is 3.55. The lowest BCUT2D eigenvalue weighted by molar-refractivity contribution is -0.128. The topological polar surface area (TPSA) is 59.2 Å². The van der Waals surface area contributed by atoms with Crippen LogP contribution >= 0.6 is 11.8 Å². The Bertz CT molecular complexity index is 687. The van der Waals surface area contributed by atoms with Crippen molar-refractivity contribution < 1.29 is 13.7 Å². The molecule has 1 aromatic carbocycles. The first-order chi connectivity index (χ1) is 11.0. The summed E-state index contributed by atoms with van der Waals surface area (Å²) in [5.41, 5.74) is 0.679. The van der Waals surface area contributed by atoms with E-state index in [1.165, 1.54) is 12.1 Å². The highest BCUT2D eigenvalue weighted by atomic mass is 32.2. The fourth-order valence-electron chi connectivity index (χ4n) is 2.54. The molecule has 1 atom stereocenters. The molecule has 0 saturated carbocycles. The van der Waals surface area contributed by atoms with Gasteiger partial charge in [-0.3, -0.25) is 4.79 Å². The number of hydrogen-bond acceptors (Lipinski definition) is 5. The molecule has 0 spiro atoms. The smallest absolute Gasteiger partial charge is 0.257 e. The van der Waals surface area contributed by atoms with E-state index in [-0.39, 0.29) is 23.0 Å². The van der Waals surface area contributed by atoms with Crippen LogP contribution in [0, 0.1) is 5.82 Å². The van der Waals surface area contributed by atoms with Gasteiger partial charge in [-0.15, -0.1) is 11.8 Å². The number of hydrogen-bond donors (Lipinski definition) is 0. The van der Waals surface area contributed by atoms with Crippen LogP contribution in [-0.4, -0.2) is 38.8 Å². The van der Waals surface area contributed by atoms with Crippen molar-refractivity contribution in [2.45, 2.75) is 37.3 Å². The molecule has 5 nitrogen and oxygen atoms in total. The molecule has 1 aromatic heterocycles. The van der Waals surface area contributed by atoms with E-state index < -0.39 is 0 Å². The SMILES string of the molecule is CC(C)N1CCC(SCc2noc(-c3ccc(F)cc3)n2)C1=O.